The van der Waals surface area contributed by atoms with E-state index >= 15 is 0 Å². The number of aromatic nitrogens is 3. The van der Waals surface area contributed by atoms with E-state index < -0.39 is 17.5 Å². The first kappa shape index (κ1) is 29.1. The van der Waals surface area contributed by atoms with Crippen LogP contribution in [0.2, 0.25) is 0 Å². The lowest BCUT2D eigenvalue weighted by Crippen LogP contribution is -2.28. The summed E-state index contributed by atoms with van der Waals surface area (Å²) in [6.45, 7) is 4.94. The number of amides is 1. The Morgan fingerprint density at radius 1 is 1.15 bits per heavy atom. The Kier molecular flexibility index (Phi) is 10.1. The standard InChI is InChI=1S/C27H30F2N6O4S/c1-3-35(9-10-36)8-5-11-39-23-14-21-18(13-22(23)38-2)26(32-16-31-21)34-27-30-15-17(40-27)12-24(37)33-20-7-4-6-19(28)25(20)29/h4,6-7,13-16,36H,3,5,8-12H2,1-2H3,(H,33,37)(H,30,31,32,34). The minimum absolute atomic E-state index is 0.0651. The van der Waals surface area contributed by atoms with Crippen LogP contribution in [-0.2, 0) is 11.2 Å². The van der Waals surface area contributed by atoms with Gasteiger partial charge in [-0.2, -0.15) is 0 Å². The van der Waals surface area contributed by atoms with Crippen LogP contribution in [0.25, 0.3) is 10.9 Å². The summed E-state index contributed by atoms with van der Waals surface area (Å²) < 4.78 is 38.8. The van der Waals surface area contributed by atoms with Gasteiger partial charge in [-0.15, -0.1) is 11.3 Å². The molecule has 0 unspecified atom stereocenters. The van der Waals surface area contributed by atoms with Crippen molar-refractivity contribution in [3.63, 3.8) is 0 Å². The van der Waals surface area contributed by atoms with E-state index in [1.807, 2.05) is 0 Å². The van der Waals surface area contributed by atoms with Crippen molar-refractivity contribution >= 4 is 44.8 Å². The number of nitrogens with zero attached hydrogens (tertiary/aromatic N) is 4. The van der Waals surface area contributed by atoms with Gasteiger partial charge >= 0.3 is 0 Å². The molecule has 0 aliphatic carbocycles. The molecule has 0 saturated heterocycles. The number of thiazole rings is 1. The van der Waals surface area contributed by atoms with E-state index in [2.05, 4.69) is 37.4 Å². The Balaban J connectivity index is 1.41. The number of anilines is 3. The molecule has 1 amide bonds. The first-order chi connectivity index (χ1) is 19.4. The first-order valence-corrected chi connectivity index (χ1v) is 13.5. The van der Waals surface area contributed by atoms with Gasteiger partial charge in [-0.25, -0.2) is 23.7 Å². The SMILES string of the molecule is CCN(CCO)CCCOc1cc2ncnc(Nc3ncc(CC(=O)Nc4cccc(F)c4F)s3)c2cc1OC. The molecule has 0 aliphatic rings. The van der Waals surface area contributed by atoms with E-state index in [4.69, 9.17) is 14.6 Å². The van der Waals surface area contributed by atoms with E-state index in [0.717, 1.165) is 25.6 Å². The highest BCUT2D eigenvalue weighted by atomic mass is 32.1. The number of nitrogens with one attached hydrogen (secondary N) is 2. The summed E-state index contributed by atoms with van der Waals surface area (Å²) in [6.07, 6.45) is 3.67. The summed E-state index contributed by atoms with van der Waals surface area (Å²) in [6, 6.07) is 7.16. The molecule has 4 rings (SSSR count). The van der Waals surface area contributed by atoms with Crippen molar-refractivity contribution in [2.24, 2.45) is 0 Å². The summed E-state index contributed by atoms with van der Waals surface area (Å²) in [4.78, 5) is 28.1. The van der Waals surface area contributed by atoms with Gasteiger partial charge in [-0.1, -0.05) is 13.0 Å². The summed E-state index contributed by atoms with van der Waals surface area (Å²) in [5.74, 6) is -1.07. The van der Waals surface area contributed by atoms with E-state index in [0.29, 0.717) is 51.4 Å². The second kappa shape index (κ2) is 13.9. The summed E-state index contributed by atoms with van der Waals surface area (Å²) in [7, 11) is 1.55. The smallest absolute Gasteiger partial charge is 0.229 e. The Morgan fingerprint density at radius 3 is 2.77 bits per heavy atom. The lowest BCUT2D eigenvalue weighted by atomic mass is 10.2. The molecular weight excluding hydrogens is 542 g/mol. The largest absolute Gasteiger partial charge is 0.493 e. The number of aliphatic hydroxyl groups is 1. The van der Waals surface area contributed by atoms with E-state index in [-0.39, 0.29) is 18.7 Å². The number of benzene rings is 2. The molecule has 40 heavy (non-hydrogen) atoms. The number of hydrogen-bond acceptors (Lipinski definition) is 10. The second-order valence-electron chi connectivity index (χ2n) is 8.69. The van der Waals surface area contributed by atoms with Crippen LogP contribution >= 0.6 is 11.3 Å². The zero-order valence-electron chi connectivity index (χ0n) is 22.1. The lowest BCUT2D eigenvalue weighted by molar-refractivity contribution is -0.115. The average Bonchev–Trinajstić information content (AvgIpc) is 3.39. The number of hydrogen-bond donors (Lipinski definition) is 3. The zero-order valence-corrected chi connectivity index (χ0v) is 22.9. The van der Waals surface area contributed by atoms with E-state index in [1.165, 1.54) is 36.0 Å². The maximum absolute atomic E-state index is 13.9. The monoisotopic (exact) mass is 572 g/mol. The Labute approximate surface area is 234 Å². The van der Waals surface area contributed by atoms with Gasteiger partial charge in [0.2, 0.25) is 5.91 Å². The predicted octanol–water partition coefficient (Wildman–Crippen LogP) is 4.38. The van der Waals surface area contributed by atoms with Gasteiger partial charge in [0.05, 0.1) is 37.9 Å². The van der Waals surface area contributed by atoms with Crippen LogP contribution in [0.15, 0.2) is 42.9 Å². The van der Waals surface area contributed by atoms with Crippen molar-refractivity contribution in [1.82, 2.24) is 19.9 Å². The summed E-state index contributed by atoms with van der Waals surface area (Å²) in [5.41, 5.74) is 0.416. The van der Waals surface area contributed by atoms with Crippen molar-refractivity contribution in [3.05, 3.63) is 59.4 Å². The molecule has 0 saturated carbocycles. The quantitative estimate of drug-likeness (QED) is 0.189. The van der Waals surface area contributed by atoms with Crippen LogP contribution in [0, 0.1) is 11.6 Å². The molecule has 0 spiro atoms. The third-order valence-electron chi connectivity index (χ3n) is 6.00. The topological polar surface area (TPSA) is 122 Å². The molecule has 0 radical (unpaired) electrons. The van der Waals surface area contributed by atoms with Crippen LogP contribution in [0.1, 0.15) is 18.2 Å². The van der Waals surface area contributed by atoms with Crippen LogP contribution in [0.3, 0.4) is 0 Å². The lowest BCUT2D eigenvalue weighted by Gasteiger charge is -2.19. The average molecular weight is 573 g/mol. The highest BCUT2D eigenvalue weighted by Gasteiger charge is 2.15. The normalized spacial score (nSPS) is 11.2. The number of carbonyl (C=O) groups is 1. The molecule has 4 aromatic rings. The number of likely N-dealkylation sites (N-methyl/N-ethyl adjacent to an activating group) is 1. The highest BCUT2D eigenvalue weighted by molar-refractivity contribution is 7.15. The maximum atomic E-state index is 13.9. The first-order valence-electron chi connectivity index (χ1n) is 12.7. The zero-order chi connectivity index (χ0) is 28.5. The molecule has 13 heteroatoms. The fourth-order valence-electron chi connectivity index (χ4n) is 3.98. The van der Waals surface area contributed by atoms with Crippen molar-refractivity contribution < 1.29 is 28.2 Å². The van der Waals surface area contributed by atoms with Gasteiger partial charge in [-0.05, 0) is 31.2 Å². The number of methoxy groups -OCH3 is 1. The highest BCUT2D eigenvalue weighted by Crippen LogP contribution is 2.35. The fraction of sp³-hybridized carbons (Fsp3) is 0.333. The van der Waals surface area contributed by atoms with Gasteiger partial charge in [0, 0.05) is 35.6 Å². The van der Waals surface area contributed by atoms with E-state index in [9.17, 15) is 13.6 Å². The Bertz CT molecular complexity index is 1450. The fourth-order valence-corrected chi connectivity index (χ4v) is 4.79. The molecule has 0 fully saturated rings. The summed E-state index contributed by atoms with van der Waals surface area (Å²) >= 11 is 1.23. The van der Waals surface area contributed by atoms with Gasteiger partial charge in [0.15, 0.2) is 28.3 Å². The number of rotatable bonds is 14. The molecule has 10 nitrogen and oxygen atoms in total. The van der Waals surface area contributed by atoms with Crippen molar-refractivity contribution in [1.29, 1.82) is 0 Å². The van der Waals surface area contributed by atoms with Crippen LogP contribution in [-0.4, -0.2) is 70.8 Å². The molecule has 2 heterocycles. The van der Waals surface area contributed by atoms with Gasteiger partial charge < -0.3 is 30.1 Å². The molecule has 0 atom stereocenters. The minimum Gasteiger partial charge on any atom is -0.493 e. The van der Waals surface area contributed by atoms with Gasteiger partial charge in [0.1, 0.15) is 12.1 Å². The number of ether oxygens (including phenoxy) is 2. The third-order valence-corrected chi connectivity index (χ3v) is 6.91. The Morgan fingerprint density at radius 2 is 2.00 bits per heavy atom. The van der Waals surface area contributed by atoms with Crippen LogP contribution in [0.5, 0.6) is 11.5 Å². The third kappa shape index (κ3) is 7.37. The molecule has 2 aromatic carbocycles. The number of aliphatic hydroxyl groups excluding tert-OH is 1. The minimum atomic E-state index is -1.11. The van der Waals surface area contributed by atoms with E-state index in [1.54, 1.807) is 19.2 Å². The number of fused-ring (bicyclic) bond motifs is 1. The second-order valence-corrected chi connectivity index (χ2v) is 9.80. The number of halogens is 2. The van der Waals surface area contributed by atoms with Crippen molar-refractivity contribution in [3.8, 4) is 11.5 Å². The molecular formula is C27H30F2N6O4S. The van der Waals surface area contributed by atoms with Crippen LogP contribution in [0.4, 0.5) is 25.4 Å². The summed E-state index contributed by atoms with van der Waals surface area (Å²) in [5, 5.41) is 15.8. The predicted molar refractivity (Wildman–Crippen MR) is 149 cm³/mol. The molecule has 3 N–H and O–H groups in total. The molecule has 0 bridgehead atoms. The Hall–Kier alpha value is -3.94. The van der Waals surface area contributed by atoms with Gasteiger partial charge in [0.25, 0.3) is 0 Å². The molecule has 212 valence electrons. The van der Waals surface area contributed by atoms with Crippen LogP contribution < -0.4 is 20.1 Å². The number of carbonyl (C=O) groups excluding carboxylic acids is 1. The molecule has 2 aromatic heterocycles. The van der Waals surface area contributed by atoms with Crippen molar-refractivity contribution in [2.45, 2.75) is 19.8 Å². The van der Waals surface area contributed by atoms with Crippen molar-refractivity contribution in [2.75, 3.05) is 50.6 Å². The maximum Gasteiger partial charge on any atom is 0.229 e. The van der Waals surface area contributed by atoms with Gasteiger partial charge in [-0.3, -0.25) is 4.79 Å². The molecule has 0 aliphatic heterocycles.